The Hall–Kier alpha value is -7.16. The van der Waals surface area contributed by atoms with E-state index in [1.54, 1.807) is 54.6 Å². The van der Waals surface area contributed by atoms with Crippen LogP contribution in [0.15, 0.2) is 155 Å². The lowest BCUT2D eigenvalue weighted by Crippen LogP contribution is -2.07. The van der Waals surface area contributed by atoms with Crippen LogP contribution >= 0.6 is 31.9 Å². The molecule has 0 amide bonds. The van der Waals surface area contributed by atoms with Gasteiger partial charge in [-0.05, 0) is 146 Å². The zero-order valence-electron chi connectivity index (χ0n) is 35.3. The predicted octanol–water partition coefficient (Wildman–Crippen LogP) is 12.5. The fourth-order valence-corrected chi connectivity index (χ4v) is 7.93. The SMILES string of the molecule is COC(=O)c1cc(N)cc(-n2c(C)ccc2-c2cc(Br)ccc2OCc2ccc(F)cc2)c1.Cc1ccc(-c2cc(Br)ccc2OCc2ccc(F)cc2)n1-c1cc(N)cc(C(=O)O)c1. The van der Waals surface area contributed by atoms with Crippen LogP contribution < -0.4 is 20.9 Å². The van der Waals surface area contributed by atoms with Gasteiger partial charge in [-0.3, -0.25) is 0 Å². The van der Waals surface area contributed by atoms with E-state index in [4.69, 9.17) is 25.7 Å². The van der Waals surface area contributed by atoms with Crippen molar-refractivity contribution in [3.8, 4) is 45.4 Å². The molecule has 2 aromatic heterocycles. The van der Waals surface area contributed by atoms with Crippen molar-refractivity contribution in [1.82, 2.24) is 9.13 Å². The van der Waals surface area contributed by atoms with Gasteiger partial charge in [0.25, 0.3) is 0 Å². The van der Waals surface area contributed by atoms with Gasteiger partial charge in [0, 0.05) is 54.2 Å². The van der Waals surface area contributed by atoms with Crippen molar-refractivity contribution >= 4 is 55.2 Å². The zero-order chi connectivity index (χ0) is 46.4. The number of nitrogen functional groups attached to an aromatic ring is 2. The summed E-state index contributed by atoms with van der Waals surface area (Å²) in [5.41, 5.74) is 21.7. The number of aromatic nitrogens is 2. The molecule has 5 N–H and O–H groups in total. The molecular formula is C51H42Br2F2N4O6. The Labute approximate surface area is 390 Å². The van der Waals surface area contributed by atoms with E-state index in [0.29, 0.717) is 40.7 Å². The first-order valence-corrected chi connectivity index (χ1v) is 21.6. The number of rotatable bonds is 12. The van der Waals surface area contributed by atoms with Gasteiger partial charge in [0.15, 0.2) is 0 Å². The van der Waals surface area contributed by atoms with Crippen LogP contribution in [0.2, 0.25) is 0 Å². The molecule has 0 aliphatic rings. The predicted molar refractivity (Wildman–Crippen MR) is 256 cm³/mol. The monoisotopic (exact) mass is 1000 g/mol. The summed E-state index contributed by atoms with van der Waals surface area (Å²) >= 11 is 7.07. The Morgan fingerprint density at radius 1 is 0.569 bits per heavy atom. The second kappa shape index (κ2) is 20.1. The highest BCUT2D eigenvalue weighted by atomic mass is 79.9. The van der Waals surface area contributed by atoms with Gasteiger partial charge >= 0.3 is 11.9 Å². The number of carbonyl (C=O) groups excluding carboxylic acids is 1. The summed E-state index contributed by atoms with van der Waals surface area (Å²) in [6.45, 7) is 4.47. The first-order chi connectivity index (χ1) is 31.2. The van der Waals surface area contributed by atoms with Crippen LogP contribution in [0.5, 0.6) is 11.5 Å². The van der Waals surface area contributed by atoms with E-state index in [2.05, 4.69) is 31.9 Å². The van der Waals surface area contributed by atoms with E-state index in [1.807, 2.05) is 83.6 Å². The van der Waals surface area contributed by atoms with Crippen LogP contribution in [0.3, 0.4) is 0 Å². The van der Waals surface area contributed by atoms with E-state index in [0.717, 1.165) is 59.7 Å². The molecule has 0 unspecified atom stereocenters. The number of esters is 1. The maximum Gasteiger partial charge on any atom is 0.337 e. The van der Waals surface area contributed by atoms with Crippen molar-refractivity contribution in [2.45, 2.75) is 27.1 Å². The summed E-state index contributed by atoms with van der Waals surface area (Å²) in [5.74, 6) is -0.784. The second-order valence-corrected chi connectivity index (χ2v) is 16.8. The Kier molecular flexibility index (Phi) is 14.2. The minimum atomic E-state index is -1.05. The molecule has 0 saturated heterocycles. The van der Waals surface area contributed by atoms with Gasteiger partial charge < -0.3 is 39.9 Å². The Bertz CT molecular complexity index is 3020. The number of methoxy groups -OCH3 is 1. The molecule has 0 spiro atoms. The summed E-state index contributed by atoms with van der Waals surface area (Å²) < 4.78 is 49.2. The smallest absolute Gasteiger partial charge is 0.337 e. The van der Waals surface area contributed by atoms with Crippen LogP contribution in [0, 0.1) is 25.5 Å². The molecule has 6 aromatic carbocycles. The lowest BCUT2D eigenvalue weighted by molar-refractivity contribution is 0.0599. The number of aromatic carboxylic acids is 1. The molecule has 2 heterocycles. The average molecular weight is 1000 g/mol. The van der Waals surface area contributed by atoms with Crippen molar-refractivity contribution in [3.63, 3.8) is 0 Å². The third-order valence-electron chi connectivity index (χ3n) is 10.3. The van der Waals surface area contributed by atoms with Crippen LogP contribution in [-0.4, -0.2) is 33.3 Å². The molecule has 0 atom stereocenters. The van der Waals surface area contributed by atoms with Gasteiger partial charge in [-0.15, -0.1) is 0 Å². The molecule has 330 valence electrons. The van der Waals surface area contributed by atoms with Crippen LogP contribution in [0.25, 0.3) is 33.9 Å². The summed E-state index contributed by atoms with van der Waals surface area (Å²) in [6.07, 6.45) is 0. The number of hydrogen-bond donors (Lipinski definition) is 3. The van der Waals surface area contributed by atoms with Crippen molar-refractivity contribution in [2.24, 2.45) is 0 Å². The molecule has 0 saturated carbocycles. The fourth-order valence-electron chi connectivity index (χ4n) is 7.21. The number of hydrogen-bond acceptors (Lipinski definition) is 7. The van der Waals surface area contributed by atoms with Gasteiger partial charge in [0.05, 0.1) is 29.6 Å². The Morgan fingerprint density at radius 2 is 0.985 bits per heavy atom. The molecule has 0 radical (unpaired) electrons. The highest BCUT2D eigenvalue weighted by Crippen LogP contribution is 2.38. The number of aryl methyl sites for hydroxylation is 2. The Morgan fingerprint density at radius 3 is 1.40 bits per heavy atom. The zero-order valence-corrected chi connectivity index (χ0v) is 38.5. The normalized spacial score (nSPS) is 10.8. The molecule has 10 nitrogen and oxygen atoms in total. The van der Waals surface area contributed by atoms with E-state index in [-0.39, 0.29) is 23.8 Å². The third-order valence-corrected chi connectivity index (χ3v) is 11.3. The Balaban J connectivity index is 0.000000194. The largest absolute Gasteiger partial charge is 0.488 e. The highest BCUT2D eigenvalue weighted by Gasteiger charge is 2.19. The molecule has 0 aliphatic carbocycles. The van der Waals surface area contributed by atoms with Crippen molar-refractivity contribution < 1.29 is 37.7 Å². The number of halogens is 4. The van der Waals surface area contributed by atoms with Gasteiger partial charge in [-0.2, -0.15) is 0 Å². The summed E-state index contributed by atoms with van der Waals surface area (Å²) in [5, 5.41) is 9.45. The standard InChI is InChI=1S/C26H22BrFN2O3.C25H20BrFN2O3/c1-16-3-9-24(30(16)22-12-18(26(31)32-2)11-21(29)14-22)23-13-19(27)6-10-25(23)33-15-17-4-7-20(28)8-5-17;1-15-2-8-23(29(15)21-11-17(25(30)31)10-20(28)13-21)22-12-18(26)5-9-24(22)32-14-16-3-6-19(27)7-4-16/h3-14H,15,29H2,1-2H3;2-13H,14,28H2,1H3,(H,30,31). The number of nitrogens with zero attached hydrogens (tertiary/aromatic N) is 2. The topological polar surface area (TPSA) is 144 Å². The average Bonchev–Trinajstić information content (AvgIpc) is 3.87. The van der Waals surface area contributed by atoms with Crippen LogP contribution in [0.4, 0.5) is 20.2 Å². The molecule has 65 heavy (non-hydrogen) atoms. The number of ether oxygens (including phenoxy) is 3. The van der Waals surface area contributed by atoms with Gasteiger partial charge in [-0.25, -0.2) is 18.4 Å². The number of anilines is 2. The second-order valence-electron chi connectivity index (χ2n) is 14.9. The molecule has 8 aromatic rings. The number of carboxylic acid groups (broad SMARTS) is 1. The summed E-state index contributed by atoms with van der Waals surface area (Å²) in [4.78, 5) is 23.7. The highest BCUT2D eigenvalue weighted by molar-refractivity contribution is 9.10. The van der Waals surface area contributed by atoms with Crippen molar-refractivity contribution in [1.29, 1.82) is 0 Å². The van der Waals surface area contributed by atoms with Crippen molar-refractivity contribution in [2.75, 3.05) is 18.6 Å². The minimum Gasteiger partial charge on any atom is -0.488 e. The number of carbonyl (C=O) groups is 2. The number of carboxylic acids is 1. The van der Waals surface area contributed by atoms with E-state index >= 15 is 0 Å². The van der Waals surface area contributed by atoms with Crippen LogP contribution in [-0.2, 0) is 18.0 Å². The summed E-state index contributed by atoms with van der Waals surface area (Å²) in [7, 11) is 1.34. The molecule has 0 bridgehead atoms. The lowest BCUT2D eigenvalue weighted by atomic mass is 10.1. The molecular weight excluding hydrogens is 962 g/mol. The van der Waals surface area contributed by atoms with Crippen molar-refractivity contribution in [3.05, 3.63) is 200 Å². The number of nitrogens with two attached hydrogens (primary N) is 2. The van der Waals surface area contributed by atoms with Gasteiger partial charge in [0.1, 0.15) is 36.3 Å². The number of benzene rings is 6. The molecule has 0 aliphatic heterocycles. The lowest BCUT2D eigenvalue weighted by Gasteiger charge is -2.17. The molecule has 0 fully saturated rings. The first-order valence-electron chi connectivity index (χ1n) is 20.0. The van der Waals surface area contributed by atoms with E-state index < -0.39 is 11.9 Å². The van der Waals surface area contributed by atoms with E-state index in [9.17, 15) is 23.5 Å². The van der Waals surface area contributed by atoms with Crippen LogP contribution in [0.1, 0.15) is 43.2 Å². The fraction of sp³-hybridized carbons (Fsp3) is 0.0980. The summed E-state index contributed by atoms with van der Waals surface area (Å²) in [6, 6.07) is 41.6. The minimum absolute atomic E-state index is 0.112. The maximum absolute atomic E-state index is 13.2. The molecule has 8 rings (SSSR count). The van der Waals surface area contributed by atoms with Gasteiger partial charge in [0.2, 0.25) is 0 Å². The maximum atomic E-state index is 13.2. The third kappa shape index (κ3) is 11.0. The van der Waals surface area contributed by atoms with Gasteiger partial charge in [-0.1, -0.05) is 56.1 Å². The van der Waals surface area contributed by atoms with E-state index in [1.165, 1.54) is 37.4 Å². The molecule has 14 heteroatoms. The first kappa shape index (κ1) is 45.9. The quantitative estimate of drug-likeness (QED) is 0.0811.